The predicted molar refractivity (Wildman–Crippen MR) is 71.1 cm³/mol. The van der Waals surface area contributed by atoms with Gasteiger partial charge in [0.05, 0.1) is 43.6 Å². The lowest BCUT2D eigenvalue weighted by atomic mass is 9.63. The molecule has 20 heavy (non-hydrogen) atoms. The van der Waals surface area contributed by atoms with Crippen molar-refractivity contribution in [2.24, 2.45) is 10.8 Å². The van der Waals surface area contributed by atoms with Crippen LogP contribution in [0, 0.1) is 10.8 Å². The molecule has 0 aromatic carbocycles. The molecule has 4 bridgehead atoms. The van der Waals surface area contributed by atoms with E-state index < -0.39 is 24.9 Å². The van der Waals surface area contributed by atoms with E-state index in [9.17, 15) is 15.3 Å². The van der Waals surface area contributed by atoms with Crippen LogP contribution >= 0.6 is 0 Å². The zero-order valence-electron chi connectivity index (χ0n) is 12.3. The number of hydrogen-bond acceptors (Lipinski definition) is 4. The number of quaternary nitrogens is 2. The van der Waals surface area contributed by atoms with Crippen LogP contribution in [0.3, 0.4) is 0 Å². The molecule has 4 aliphatic rings. The maximum atomic E-state index is 10.5. The standard InChI is InChI=1S/C14H26N2O4/c1-13-4-14(2)7-15(5-13)12(16(6-13)8-14)11(20)10(19)9(18)3-17/h9-12,17-20H,3-8H2,1-2H3/p+2/t9-,10+,11+,12?,13?,14?/m1/s1. The second-order valence-electron chi connectivity index (χ2n) is 8.03. The lowest BCUT2D eigenvalue weighted by Crippen LogP contribution is -3.45. The number of hydrogen-bond donors (Lipinski definition) is 6. The average Bonchev–Trinajstić information content (AvgIpc) is 2.32. The van der Waals surface area contributed by atoms with E-state index in [0.29, 0.717) is 10.8 Å². The maximum Gasteiger partial charge on any atom is 0.242 e. The van der Waals surface area contributed by atoms with E-state index in [2.05, 4.69) is 13.8 Å². The van der Waals surface area contributed by atoms with Gasteiger partial charge in [-0.3, -0.25) is 9.80 Å². The summed E-state index contributed by atoms with van der Waals surface area (Å²) in [6.45, 7) is 8.22. The molecule has 3 atom stereocenters. The zero-order valence-corrected chi connectivity index (χ0v) is 12.3. The summed E-state index contributed by atoms with van der Waals surface area (Å²) in [5.41, 5.74) is 0.652. The number of aliphatic hydroxyl groups excluding tert-OH is 4. The summed E-state index contributed by atoms with van der Waals surface area (Å²) in [5, 5.41) is 39.0. The van der Waals surface area contributed by atoms with Gasteiger partial charge in [0, 0.05) is 0 Å². The van der Waals surface area contributed by atoms with Gasteiger partial charge in [-0.05, 0) is 20.3 Å². The Kier molecular flexibility index (Phi) is 3.40. The van der Waals surface area contributed by atoms with Gasteiger partial charge in [0.25, 0.3) is 0 Å². The number of nitrogens with one attached hydrogen (secondary N) is 2. The molecule has 4 fully saturated rings. The van der Waals surface area contributed by atoms with Gasteiger partial charge in [-0.15, -0.1) is 0 Å². The first-order valence-electron chi connectivity index (χ1n) is 7.61. The Bertz CT molecular complexity index is 355. The molecule has 6 N–H and O–H groups in total. The Labute approximate surface area is 119 Å². The van der Waals surface area contributed by atoms with Crippen molar-refractivity contribution in [2.75, 3.05) is 32.8 Å². The van der Waals surface area contributed by atoms with Crippen LogP contribution in [0.25, 0.3) is 0 Å². The fourth-order valence-electron chi connectivity index (χ4n) is 5.47. The number of piperidine rings is 2. The van der Waals surface area contributed by atoms with Crippen LogP contribution in [-0.4, -0.2) is 77.7 Å². The second-order valence-corrected chi connectivity index (χ2v) is 8.03. The number of rotatable bonds is 4. The molecule has 4 rings (SSSR count). The normalized spacial score (nSPS) is 51.0. The molecular formula is C14H28N2O4+2. The summed E-state index contributed by atoms with van der Waals surface area (Å²) < 4.78 is 0. The van der Waals surface area contributed by atoms with E-state index in [1.54, 1.807) is 0 Å². The predicted octanol–water partition coefficient (Wildman–Crippen LogP) is -4.40. The summed E-state index contributed by atoms with van der Waals surface area (Å²) >= 11 is 0. The van der Waals surface area contributed by atoms with Gasteiger partial charge in [-0.25, -0.2) is 0 Å². The molecule has 0 aliphatic carbocycles. The molecule has 0 unspecified atom stereocenters. The molecule has 6 heteroatoms. The quantitative estimate of drug-likeness (QED) is 0.315. The van der Waals surface area contributed by atoms with E-state index in [1.165, 1.54) is 16.2 Å². The highest BCUT2D eigenvalue weighted by Gasteiger charge is 2.64. The van der Waals surface area contributed by atoms with Crippen LogP contribution in [0.2, 0.25) is 0 Å². The van der Waals surface area contributed by atoms with Crippen molar-refractivity contribution in [1.82, 2.24) is 0 Å². The Morgan fingerprint density at radius 1 is 1.00 bits per heavy atom. The van der Waals surface area contributed by atoms with Crippen LogP contribution in [0.15, 0.2) is 0 Å². The summed E-state index contributed by atoms with van der Waals surface area (Å²) in [6, 6.07) is 0. The summed E-state index contributed by atoms with van der Waals surface area (Å²) in [6.07, 6.45) is -2.38. The molecule has 0 spiro atoms. The van der Waals surface area contributed by atoms with Crippen LogP contribution in [0.1, 0.15) is 20.3 Å². The van der Waals surface area contributed by atoms with Gasteiger partial charge < -0.3 is 20.4 Å². The van der Waals surface area contributed by atoms with Gasteiger partial charge in [0.15, 0.2) is 6.10 Å². The smallest absolute Gasteiger partial charge is 0.242 e. The Morgan fingerprint density at radius 3 is 1.85 bits per heavy atom. The fourth-order valence-corrected chi connectivity index (χ4v) is 5.47. The summed E-state index contributed by atoms with van der Waals surface area (Å²) in [4.78, 5) is 2.68. The Hall–Kier alpha value is -0.240. The summed E-state index contributed by atoms with van der Waals surface area (Å²) in [5.74, 6) is 0. The minimum absolute atomic E-state index is 0.0901. The van der Waals surface area contributed by atoms with Crippen LogP contribution < -0.4 is 9.80 Å². The van der Waals surface area contributed by atoms with E-state index in [0.717, 1.165) is 26.2 Å². The minimum Gasteiger partial charge on any atom is -0.394 e. The molecule has 0 amide bonds. The van der Waals surface area contributed by atoms with Crippen LogP contribution in [0.4, 0.5) is 0 Å². The second kappa shape index (κ2) is 4.63. The fraction of sp³-hybridized carbons (Fsp3) is 1.00. The molecule has 116 valence electrons. The van der Waals surface area contributed by atoms with Crippen molar-refractivity contribution in [3.63, 3.8) is 0 Å². The lowest BCUT2D eigenvalue weighted by Gasteiger charge is -2.61. The molecule has 6 nitrogen and oxygen atoms in total. The van der Waals surface area contributed by atoms with Crippen molar-refractivity contribution in [3.05, 3.63) is 0 Å². The van der Waals surface area contributed by atoms with Gasteiger partial charge in [-0.2, -0.15) is 0 Å². The molecular weight excluding hydrogens is 260 g/mol. The average molecular weight is 288 g/mol. The van der Waals surface area contributed by atoms with E-state index in [-0.39, 0.29) is 6.17 Å². The third-order valence-electron chi connectivity index (χ3n) is 5.62. The topological polar surface area (TPSA) is 89.8 Å². The van der Waals surface area contributed by atoms with Crippen molar-refractivity contribution in [1.29, 1.82) is 0 Å². The maximum absolute atomic E-state index is 10.5. The largest absolute Gasteiger partial charge is 0.394 e. The molecule has 0 radical (unpaired) electrons. The third-order valence-corrected chi connectivity index (χ3v) is 5.62. The third kappa shape index (κ3) is 2.19. The Morgan fingerprint density at radius 2 is 1.45 bits per heavy atom. The van der Waals surface area contributed by atoms with Gasteiger partial charge in [0.1, 0.15) is 12.2 Å². The SMILES string of the molecule is CC12C[NH+]3CC(C)(C[NH+](C1)C3[C@@H](O)[C@@H](O)[C@H](O)CO)C2. The highest BCUT2D eigenvalue weighted by molar-refractivity contribution is 4.94. The highest BCUT2D eigenvalue weighted by atomic mass is 16.4. The van der Waals surface area contributed by atoms with E-state index in [4.69, 9.17) is 5.11 Å². The van der Waals surface area contributed by atoms with Crippen molar-refractivity contribution >= 4 is 0 Å². The molecule has 4 saturated heterocycles. The monoisotopic (exact) mass is 288 g/mol. The van der Waals surface area contributed by atoms with Crippen molar-refractivity contribution in [2.45, 2.75) is 44.7 Å². The molecule has 4 heterocycles. The molecule has 4 aliphatic heterocycles. The Balaban J connectivity index is 1.80. The zero-order chi connectivity index (χ0) is 14.7. The lowest BCUT2D eigenvalue weighted by molar-refractivity contribution is -1.18. The molecule has 0 saturated carbocycles. The first-order valence-corrected chi connectivity index (χ1v) is 7.61. The summed E-state index contributed by atoms with van der Waals surface area (Å²) in [7, 11) is 0. The highest BCUT2D eigenvalue weighted by Crippen LogP contribution is 2.38. The van der Waals surface area contributed by atoms with Crippen molar-refractivity contribution < 1.29 is 30.2 Å². The van der Waals surface area contributed by atoms with Crippen LogP contribution in [0.5, 0.6) is 0 Å². The van der Waals surface area contributed by atoms with Gasteiger partial charge >= 0.3 is 0 Å². The van der Waals surface area contributed by atoms with Crippen LogP contribution in [-0.2, 0) is 0 Å². The van der Waals surface area contributed by atoms with E-state index >= 15 is 0 Å². The van der Waals surface area contributed by atoms with Crippen molar-refractivity contribution in [3.8, 4) is 0 Å². The van der Waals surface area contributed by atoms with Gasteiger partial charge in [-0.1, -0.05) is 0 Å². The van der Waals surface area contributed by atoms with Gasteiger partial charge in [0.2, 0.25) is 6.17 Å². The first kappa shape index (κ1) is 14.7. The molecule has 0 aromatic rings. The molecule has 0 aromatic heterocycles. The minimum atomic E-state index is -1.27. The first-order chi connectivity index (χ1) is 9.27. The number of aliphatic hydroxyl groups is 4. The van der Waals surface area contributed by atoms with E-state index in [1.807, 2.05) is 0 Å².